The molecule has 0 radical (unpaired) electrons. The van der Waals surface area contributed by atoms with Crippen LogP contribution in [0, 0.1) is 11.3 Å². The molecular weight excluding hydrogens is 212 g/mol. The Bertz CT molecular complexity index is 278. The van der Waals surface area contributed by atoms with Gasteiger partial charge in [0, 0.05) is 19.1 Å². The van der Waals surface area contributed by atoms with Gasteiger partial charge in [0.15, 0.2) is 0 Å². The van der Waals surface area contributed by atoms with Gasteiger partial charge in [0.2, 0.25) is 5.91 Å². The van der Waals surface area contributed by atoms with Crippen LogP contribution in [-0.4, -0.2) is 36.5 Å². The van der Waals surface area contributed by atoms with Crippen molar-refractivity contribution in [1.82, 2.24) is 10.2 Å². The summed E-state index contributed by atoms with van der Waals surface area (Å²) in [6.07, 6.45) is 1.95. The van der Waals surface area contributed by atoms with E-state index in [0.29, 0.717) is 11.8 Å². The van der Waals surface area contributed by atoms with Crippen molar-refractivity contribution in [1.29, 1.82) is 0 Å². The summed E-state index contributed by atoms with van der Waals surface area (Å²) in [5.41, 5.74) is -0.247. The number of carbonyl (C=O) groups excluding carboxylic acids is 1. The van der Waals surface area contributed by atoms with Crippen molar-refractivity contribution in [3.63, 3.8) is 0 Å². The number of hydrogen-bond acceptors (Lipinski definition) is 2. The van der Waals surface area contributed by atoms with Crippen molar-refractivity contribution in [2.45, 2.75) is 53.0 Å². The summed E-state index contributed by atoms with van der Waals surface area (Å²) < 4.78 is 0. The molecule has 1 unspecified atom stereocenters. The van der Waals surface area contributed by atoms with Crippen molar-refractivity contribution in [2.24, 2.45) is 11.3 Å². The Morgan fingerprint density at radius 2 is 2.06 bits per heavy atom. The normalized spacial score (nSPS) is 25.4. The van der Waals surface area contributed by atoms with Crippen LogP contribution in [0.25, 0.3) is 0 Å². The second-order valence-electron chi connectivity index (χ2n) is 6.27. The molecule has 1 amide bonds. The first kappa shape index (κ1) is 14.5. The lowest BCUT2D eigenvalue weighted by molar-refractivity contribution is -0.147. The molecule has 100 valence electrons. The molecule has 1 N–H and O–H groups in total. The van der Waals surface area contributed by atoms with Crippen LogP contribution < -0.4 is 5.32 Å². The van der Waals surface area contributed by atoms with Crippen LogP contribution in [0.2, 0.25) is 0 Å². The summed E-state index contributed by atoms with van der Waals surface area (Å²) in [5.74, 6) is 0.699. The highest BCUT2D eigenvalue weighted by Gasteiger charge is 2.47. The van der Waals surface area contributed by atoms with Crippen molar-refractivity contribution in [3.05, 3.63) is 0 Å². The molecule has 0 aliphatic carbocycles. The van der Waals surface area contributed by atoms with Crippen LogP contribution in [0.1, 0.15) is 47.5 Å². The van der Waals surface area contributed by atoms with Gasteiger partial charge in [-0.25, -0.2) is 0 Å². The molecule has 0 bridgehead atoms. The Labute approximate surface area is 106 Å². The van der Waals surface area contributed by atoms with Crippen LogP contribution in [0.4, 0.5) is 0 Å². The molecule has 1 rings (SSSR count). The fourth-order valence-electron chi connectivity index (χ4n) is 2.48. The highest BCUT2D eigenvalue weighted by molar-refractivity contribution is 5.84. The van der Waals surface area contributed by atoms with Crippen LogP contribution >= 0.6 is 0 Å². The monoisotopic (exact) mass is 240 g/mol. The van der Waals surface area contributed by atoms with Gasteiger partial charge in [-0.3, -0.25) is 4.79 Å². The van der Waals surface area contributed by atoms with E-state index in [2.05, 4.69) is 39.9 Å². The largest absolute Gasteiger partial charge is 0.340 e. The van der Waals surface area contributed by atoms with Crippen LogP contribution in [-0.2, 0) is 4.79 Å². The summed E-state index contributed by atoms with van der Waals surface area (Å²) in [4.78, 5) is 14.8. The second kappa shape index (κ2) is 4.97. The van der Waals surface area contributed by atoms with E-state index < -0.39 is 0 Å². The molecule has 1 saturated heterocycles. The highest BCUT2D eigenvalue weighted by Crippen LogP contribution is 2.37. The summed E-state index contributed by atoms with van der Waals surface area (Å²) >= 11 is 0. The van der Waals surface area contributed by atoms with Gasteiger partial charge in [-0.2, -0.15) is 0 Å². The Balaban J connectivity index is 2.94. The highest BCUT2D eigenvalue weighted by atomic mass is 16.2. The molecule has 1 heterocycles. The minimum absolute atomic E-state index is 0.0540. The van der Waals surface area contributed by atoms with Crippen molar-refractivity contribution >= 4 is 5.91 Å². The van der Waals surface area contributed by atoms with E-state index in [9.17, 15) is 4.79 Å². The van der Waals surface area contributed by atoms with E-state index in [-0.39, 0.29) is 11.0 Å². The van der Waals surface area contributed by atoms with Gasteiger partial charge in [-0.05, 0) is 39.2 Å². The first-order valence-corrected chi connectivity index (χ1v) is 6.77. The summed E-state index contributed by atoms with van der Waals surface area (Å²) in [6.45, 7) is 12.5. The Kier molecular flexibility index (Phi) is 4.23. The average molecular weight is 240 g/mol. The van der Waals surface area contributed by atoms with Crippen LogP contribution in [0.5, 0.6) is 0 Å². The number of nitrogens with zero attached hydrogens (tertiary/aromatic N) is 1. The van der Waals surface area contributed by atoms with Gasteiger partial charge in [0.25, 0.3) is 0 Å². The quantitative estimate of drug-likeness (QED) is 0.817. The Morgan fingerprint density at radius 1 is 1.47 bits per heavy atom. The number of nitrogens with one attached hydrogen (secondary N) is 1. The third-order valence-corrected chi connectivity index (χ3v) is 4.80. The maximum absolute atomic E-state index is 12.8. The van der Waals surface area contributed by atoms with E-state index in [4.69, 9.17) is 0 Å². The second-order valence-corrected chi connectivity index (χ2v) is 6.27. The SMILES string of the molecule is CCC(C)(C)N(C)C(=O)C1(C(C)C)CCNC1. The average Bonchev–Trinajstić information content (AvgIpc) is 2.77. The molecule has 3 heteroatoms. The fourth-order valence-corrected chi connectivity index (χ4v) is 2.48. The van der Waals surface area contributed by atoms with E-state index in [1.807, 2.05) is 11.9 Å². The molecule has 1 atom stereocenters. The third-order valence-electron chi connectivity index (χ3n) is 4.80. The maximum Gasteiger partial charge on any atom is 0.230 e. The van der Waals surface area contributed by atoms with E-state index in [0.717, 1.165) is 25.9 Å². The summed E-state index contributed by atoms with van der Waals surface area (Å²) in [7, 11) is 1.95. The standard InChI is InChI=1S/C14H28N2O/c1-7-13(4,5)16(6)12(17)14(11(2)3)8-9-15-10-14/h11,15H,7-10H2,1-6H3. The zero-order valence-electron chi connectivity index (χ0n) is 12.3. The van der Waals surface area contributed by atoms with Gasteiger partial charge >= 0.3 is 0 Å². The number of hydrogen-bond donors (Lipinski definition) is 1. The predicted octanol–water partition coefficient (Wildman–Crippen LogP) is 2.27. The van der Waals surface area contributed by atoms with Gasteiger partial charge < -0.3 is 10.2 Å². The molecule has 1 aliphatic rings. The number of amides is 1. The summed E-state index contributed by atoms with van der Waals surface area (Å²) in [6, 6.07) is 0. The lowest BCUT2D eigenvalue weighted by Crippen LogP contribution is -2.53. The lowest BCUT2D eigenvalue weighted by Gasteiger charge is -2.42. The van der Waals surface area contributed by atoms with E-state index in [1.54, 1.807) is 0 Å². The predicted molar refractivity (Wildman–Crippen MR) is 71.9 cm³/mol. The van der Waals surface area contributed by atoms with Crippen molar-refractivity contribution < 1.29 is 4.79 Å². The van der Waals surface area contributed by atoms with Crippen LogP contribution in [0.15, 0.2) is 0 Å². The van der Waals surface area contributed by atoms with Crippen molar-refractivity contribution in [2.75, 3.05) is 20.1 Å². The van der Waals surface area contributed by atoms with Crippen LogP contribution in [0.3, 0.4) is 0 Å². The molecule has 17 heavy (non-hydrogen) atoms. The Hall–Kier alpha value is -0.570. The minimum atomic E-state index is -0.193. The van der Waals surface area contributed by atoms with E-state index >= 15 is 0 Å². The maximum atomic E-state index is 12.8. The van der Waals surface area contributed by atoms with Gasteiger partial charge in [0.1, 0.15) is 0 Å². The topological polar surface area (TPSA) is 32.3 Å². The number of carbonyl (C=O) groups is 1. The molecule has 0 spiro atoms. The lowest BCUT2D eigenvalue weighted by atomic mass is 9.74. The molecule has 3 nitrogen and oxygen atoms in total. The molecule has 0 aromatic carbocycles. The first-order chi connectivity index (χ1) is 7.78. The van der Waals surface area contributed by atoms with Gasteiger partial charge in [-0.1, -0.05) is 20.8 Å². The molecule has 1 fully saturated rings. The zero-order valence-corrected chi connectivity index (χ0v) is 12.3. The molecule has 0 aromatic heterocycles. The smallest absolute Gasteiger partial charge is 0.230 e. The fraction of sp³-hybridized carbons (Fsp3) is 0.929. The Morgan fingerprint density at radius 3 is 2.41 bits per heavy atom. The first-order valence-electron chi connectivity index (χ1n) is 6.77. The third kappa shape index (κ3) is 2.49. The summed E-state index contributed by atoms with van der Waals surface area (Å²) in [5, 5.41) is 3.35. The van der Waals surface area contributed by atoms with Crippen molar-refractivity contribution in [3.8, 4) is 0 Å². The minimum Gasteiger partial charge on any atom is -0.340 e. The zero-order chi connectivity index (χ0) is 13.3. The molecule has 1 aliphatic heterocycles. The van der Waals surface area contributed by atoms with E-state index in [1.165, 1.54) is 0 Å². The number of rotatable bonds is 4. The molecule has 0 aromatic rings. The molecular formula is C14H28N2O. The molecule has 0 saturated carbocycles. The van der Waals surface area contributed by atoms with Gasteiger partial charge in [0.05, 0.1) is 5.41 Å². The van der Waals surface area contributed by atoms with Gasteiger partial charge in [-0.15, -0.1) is 0 Å².